The molecule has 5 heteroatoms. The lowest BCUT2D eigenvalue weighted by atomic mass is 10.1. The largest absolute Gasteiger partial charge is 0.478 e. The second-order valence-corrected chi connectivity index (χ2v) is 6.00. The summed E-state index contributed by atoms with van der Waals surface area (Å²) in [6, 6.07) is 3.24. The number of thioether (sulfide) groups is 1. The number of nitrogens with one attached hydrogen (secondary N) is 1. The van der Waals surface area contributed by atoms with E-state index in [1.54, 1.807) is 12.1 Å². The number of carbonyl (C=O) groups is 1. The van der Waals surface area contributed by atoms with Gasteiger partial charge in [0.2, 0.25) is 0 Å². The highest BCUT2D eigenvalue weighted by Gasteiger charge is 2.10. The number of carboxylic acids is 1. The highest BCUT2D eigenvalue weighted by Crippen LogP contribution is 2.17. The van der Waals surface area contributed by atoms with Gasteiger partial charge in [-0.3, -0.25) is 0 Å². The first-order valence-corrected chi connectivity index (χ1v) is 7.77. The average molecular weight is 282 g/mol. The molecule has 0 atom stereocenters. The van der Waals surface area contributed by atoms with Crippen LogP contribution in [0, 0.1) is 0 Å². The molecule has 0 fully saturated rings. The number of hydrogen-bond acceptors (Lipinski definition) is 4. The van der Waals surface area contributed by atoms with E-state index in [9.17, 15) is 4.79 Å². The second kappa shape index (κ2) is 8.04. The fourth-order valence-electron chi connectivity index (χ4n) is 1.60. The lowest BCUT2D eigenvalue weighted by Gasteiger charge is -2.11. The van der Waals surface area contributed by atoms with Crippen molar-refractivity contribution in [2.45, 2.75) is 33.1 Å². The van der Waals surface area contributed by atoms with Crippen LogP contribution in [0.15, 0.2) is 12.1 Å². The monoisotopic (exact) mass is 282 g/mol. The van der Waals surface area contributed by atoms with Crippen molar-refractivity contribution in [1.82, 2.24) is 4.98 Å². The van der Waals surface area contributed by atoms with Gasteiger partial charge in [0.05, 0.1) is 5.56 Å². The third kappa shape index (κ3) is 5.51. The summed E-state index contributed by atoms with van der Waals surface area (Å²) in [5.41, 5.74) is 1.11. The van der Waals surface area contributed by atoms with E-state index in [1.165, 1.54) is 0 Å². The summed E-state index contributed by atoms with van der Waals surface area (Å²) >= 11 is 1.90. The molecule has 1 heterocycles. The molecule has 0 radical (unpaired) electrons. The number of hydrogen-bond donors (Lipinski definition) is 2. The molecule has 0 aliphatic heterocycles. The van der Waals surface area contributed by atoms with E-state index in [1.807, 2.05) is 25.6 Å². The van der Waals surface area contributed by atoms with Crippen molar-refractivity contribution >= 4 is 23.5 Å². The third-order valence-corrected chi connectivity index (χ3v) is 3.64. The highest BCUT2D eigenvalue weighted by molar-refractivity contribution is 7.99. The van der Waals surface area contributed by atoms with Gasteiger partial charge in [0.15, 0.2) is 0 Å². The van der Waals surface area contributed by atoms with Gasteiger partial charge in [0, 0.05) is 12.2 Å². The summed E-state index contributed by atoms with van der Waals surface area (Å²) in [5, 5.41) is 12.3. The van der Waals surface area contributed by atoms with Crippen LogP contribution in [0.4, 0.5) is 5.82 Å². The fourth-order valence-corrected chi connectivity index (χ4v) is 2.23. The molecule has 2 N–H and O–H groups in total. The summed E-state index contributed by atoms with van der Waals surface area (Å²) in [6.07, 6.45) is 1.05. The van der Waals surface area contributed by atoms with E-state index in [0.29, 0.717) is 11.4 Å². The molecule has 0 aliphatic carbocycles. The summed E-state index contributed by atoms with van der Waals surface area (Å²) in [7, 11) is 0. The van der Waals surface area contributed by atoms with Gasteiger partial charge in [-0.05, 0) is 36.0 Å². The zero-order valence-electron chi connectivity index (χ0n) is 11.8. The SMILES string of the molecule is CCSCCCNc1cc(C(=O)O)cc(C(C)C)n1. The van der Waals surface area contributed by atoms with Crippen LogP contribution in [0.2, 0.25) is 0 Å². The zero-order chi connectivity index (χ0) is 14.3. The molecular weight excluding hydrogens is 260 g/mol. The smallest absolute Gasteiger partial charge is 0.335 e. The van der Waals surface area contributed by atoms with Crippen LogP contribution in [-0.2, 0) is 0 Å². The first-order chi connectivity index (χ1) is 9.04. The van der Waals surface area contributed by atoms with Gasteiger partial charge < -0.3 is 10.4 Å². The van der Waals surface area contributed by atoms with Crippen LogP contribution < -0.4 is 5.32 Å². The number of aromatic carboxylic acids is 1. The molecule has 106 valence electrons. The molecule has 0 amide bonds. The summed E-state index contributed by atoms with van der Waals surface area (Å²) in [4.78, 5) is 15.5. The Bertz CT molecular complexity index is 422. The lowest BCUT2D eigenvalue weighted by molar-refractivity contribution is 0.0696. The van der Waals surface area contributed by atoms with Gasteiger partial charge in [-0.1, -0.05) is 20.8 Å². The lowest BCUT2D eigenvalue weighted by Crippen LogP contribution is -2.09. The van der Waals surface area contributed by atoms with Crippen LogP contribution in [0.1, 0.15) is 49.2 Å². The van der Waals surface area contributed by atoms with Crippen LogP contribution >= 0.6 is 11.8 Å². The Balaban J connectivity index is 2.68. The van der Waals surface area contributed by atoms with Crippen molar-refractivity contribution in [3.05, 3.63) is 23.4 Å². The van der Waals surface area contributed by atoms with Crippen molar-refractivity contribution in [2.75, 3.05) is 23.4 Å². The van der Waals surface area contributed by atoms with Gasteiger partial charge in [0.25, 0.3) is 0 Å². The van der Waals surface area contributed by atoms with E-state index in [4.69, 9.17) is 5.11 Å². The van der Waals surface area contributed by atoms with Crippen LogP contribution in [0.5, 0.6) is 0 Å². The zero-order valence-corrected chi connectivity index (χ0v) is 12.6. The second-order valence-electron chi connectivity index (χ2n) is 4.60. The first kappa shape index (κ1) is 15.8. The molecule has 0 saturated carbocycles. The Labute approximate surface area is 119 Å². The number of rotatable bonds is 8. The minimum Gasteiger partial charge on any atom is -0.478 e. The number of anilines is 1. The van der Waals surface area contributed by atoms with Gasteiger partial charge >= 0.3 is 5.97 Å². The molecule has 0 aromatic carbocycles. The topological polar surface area (TPSA) is 62.2 Å². The Kier molecular flexibility index (Phi) is 6.70. The number of carboxylic acid groups (broad SMARTS) is 1. The molecule has 1 aromatic heterocycles. The van der Waals surface area contributed by atoms with Crippen molar-refractivity contribution in [2.24, 2.45) is 0 Å². The number of pyridine rings is 1. The van der Waals surface area contributed by atoms with Crippen LogP contribution in [-0.4, -0.2) is 34.1 Å². The van der Waals surface area contributed by atoms with E-state index >= 15 is 0 Å². The van der Waals surface area contributed by atoms with E-state index < -0.39 is 5.97 Å². The van der Waals surface area contributed by atoms with Gasteiger partial charge in [-0.15, -0.1) is 0 Å². The number of nitrogens with zero attached hydrogens (tertiary/aromatic N) is 1. The maximum Gasteiger partial charge on any atom is 0.335 e. The quantitative estimate of drug-likeness (QED) is 0.715. The van der Waals surface area contributed by atoms with Gasteiger partial charge in [-0.25, -0.2) is 9.78 Å². The molecule has 1 aromatic rings. The fraction of sp³-hybridized carbons (Fsp3) is 0.571. The molecule has 0 saturated heterocycles. The maximum absolute atomic E-state index is 11.1. The van der Waals surface area contributed by atoms with Crippen molar-refractivity contribution in [3.8, 4) is 0 Å². The van der Waals surface area contributed by atoms with Crippen molar-refractivity contribution < 1.29 is 9.90 Å². The minimum atomic E-state index is -0.908. The van der Waals surface area contributed by atoms with Crippen molar-refractivity contribution in [1.29, 1.82) is 0 Å². The molecule has 4 nitrogen and oxygen atoms in total. The minimum absolute atomic E-state index is 0.218. The molecule has 0 spiro atoms. The summed E-state index contributed by atoms with van der Waals surface area (Å²) < 4.78 is 0. The van der Waals surface area contributed by atoms with Crippen LogP contribution in [0.3, 0.4) is 0 Å². The Morgan fingerprint density at radius 1 is 1.47 bits per heavy atom. The first-order valence-electron chi connectivity index (χ1n) is 6.61. The predicted octanol–water partition coefficient (Wildman–Crippen LogP) is 3.46. The molecule has 19 heavy (non-hydrogen) atoms. The van der Waals surface area contributed by atoms with Crippen molar-refractivity contribution in [3.63, 3.8) is 0 Å². The Hall–Kier alpha value is -1.23. The summed E-state index contributed by atoms with van der Waals surface area (Å²) in [5.74, 6) is 2.21. The van der Waals surface area contributed by atoms with Gasteiger partial charge in [0.1, 0.15) is 5.82 Å². The highest BCUT2D eigenvalue weighted by atomic mass is 32.2. The molecular formula is C14H22N2O2S. The molecule has 0 aliphatic rings. The standard InChI is InChI=1S/C14H22N2O2S/c1-4-19-7-5-6-15-13-9-11(14(17)18)8-12(16-13)10(2)3/h8-10H,4-7H2,1-3H3,(H,15,16)(H,17,18). The van der Waals surface area contributed by atoms with E-state index in [2.05, 4.69) is 17.2 Å². The summed E-state index contributed by atoms with van der Waals surface area (Å²) in [6.45, 7) is 6.98. The molecule has 0 bridgehead atoms. The molecule has 1 rings (SSSR count). The molecule has 0 unspecified atom stereocenters. The Morgan fingerprint density at radius 2 is 2.21 bits per heavy atom. The van der Waals surface area contributed by atoms with E-state index in [0.717, 1.165) is 30.2 Å². The third-order valence-electron chi connectivity index (χ3n) is 2.66. The van der Waals surface area contributed by atoms with Gasteiger partial charge in [-0.2, -0.15) is 11.8 Å². The normalized spacial score (nSPS) is 10.7. The maximum atomic E-state index is 11.1. The average Bonchev–Trinajstić information content (AvgIpc) is 2.38. The predicted molar refractivity (Wildman–Crippen MR) is 81.4 cm³/mol. The Morgan fingerprint density at radius 3 is 2.79 bits per heavy atom. The van der Waals surface area contributed by atoms with Crippen LogP contribution in [0.25, 0.3) is 0 Å². The number of aromatic nitrogens is 1. The van der Waals surface area contributed by atoms with E-state index in [-0.39, 0.29) is 5.92 Å².